The molecule has 7 nitrogen and oxygen atoms in total. The van der Waals surface area contributed by atoms with Crippen molar-refractivity contribution in [1.82, 2.24) is 4.90 Å². The maximum Gasteiger partial charge on any atom is 0.376 e. The number of hydrogen-bond acceptors (Lipinski definition) is 7. The molecular weight excluding hydrogens is 370 g/mol. The standard InChI is InChI=1S/C22H25N3O4/c1-5-29-22(26)20-23-25(17-9-7-6-8-14(17)2)21-16-13-19(28-4)18(27-3)12-15(16)10-11-24(20)21/h6-9,12-13,21H,5,10-11H2,1-4H3. The Hall–Kier alpha value is -3.22. The maximum absolute atomic E-state index is 12.6. The summed E-state index contributed by atoms with van der Waals surface area (Å²) in [4.78, 5) is 14.6. The predicted octanol–water partition coefficient (Wildman–Crippen LogP) is 3.27. The van der Waals surface area contributed by atoms with E-state index in [4.69, 9.17) is 19.3 Å². The summed E-state index contributed by atoms with van der Waals surface area (Å²) in [6.07, 6.45) is 0.519. The second-order valence-electron chi connectivity index (χ2n) is 7.00. The third kappa shape index (κ3) is 3.16. The smallest absolute Gasteiger partial charge is 0.376 e. The summed E-state index contributed by atoms with van der Waals surface area (Å²) in [6, 6.07) is 12.0. The lowest BCUT2D eigenvalue weighted by Gasteiger charge is -2.37. The Morgan fingerprint density at radius 2 is 1.90 bits per heavy atom. The van der Waals surface area contributed by atoms with Gasteiger partial charge >= 0.3 is 5.97 Å². The van der Waals surface area contributed by atoms with E-state index in [0.717, 1.165) is 28.8 Å². The number of carbonyl (C=O) groups is 1. The summed E-state index contributed by atoms with van der Waals surface area (Å²) in [5.74, 6) is 1.28. The number of nitrogens with zero attached hydrogens (tertiary/aromatic N) is 3. The van der Waals surface area contributed by atoms with E-state index in [1.807, 2.05) is 53.2 Å². The first-order chi connectivity index (χ1) is 14.1. The lowest BCUT2D eigenvalue weighted by molar-refractivity contribution is -0.135. The molecule has 0 aliphatic carbocycles. The Kier molecular flexibility index (Phi) is 5.05. The molecule has 2 aromatic carbocycles. The Morgan fingerprint density at radius 1 is 1.17 bits per heavy atom. The fourth-order valence-corrected chi connectivity index (χ4v) is 3.98. The molecule has 152 valence electrons. The molecule has 2 aliphatic heterocycles. The molecule has 0 amide bonds. The number of ether oxygens (including phenoxy) is 3. The van der Waals surface area contributed by atoms with Gasteiger partial charge < -0.3 is 19.1 Å². The van der Waals surface area contributed by atoms with E-state index in [0.29, 0.717) is 30.5 Å². The van der Waals surface area contributed by atoms with E-state index >= 15 is 0 Å². The summed E-state index contributed by atoms with van der Waals surface area (Å²) >= 11 is 0. The first-order valence-electron chi connectivity index (χ1n) is 9.71. The van der Waals surface area contributed by atoms with Crippen LogP contribution in [0.15, 0.2) is 41.5 Å². The minimum Gasteiger partial charge on any atom is -0.493 e. The topological polar surface area (TPSA) is 63.6 Å². The van der Waals surface area contributed by atoms with Crippen molar-refractivity contribution in [2.24, 2.45) is 5.10 Å². The molecule has 0 radical (unpaired) electrons. The number of hydrogen-bond donors (Lipinski definition) is 0. The van der Waals surface area contributed by atoms with Gasteiger partial charge in [-0.3, -0.25) is 0 Å². The van der Waals surface area contributed by atoms with Crippen molar-refractivity contribution in [2.45, 2.75) is 26.4 Å². The van der Waals surface area contributed by atoms with E-state index in [9.17, 15) is 4.79 Å². The van der Waals surface area contributed by atoms with Crippen LogP contribution in [0.5, 0.6) is 11.5 Å². The van der Waals surface area contributed by atoms with Crippen molar-refractivity contribution >= 4 is 17.5 Å². The number of aryl methyl sites for hydroxylation is 1. The van der Waals surface area contributed by atoms with Crippen LogP contribution in [0.1, 0.15) is 29.8 Å². The molecule has 0 spiro atoms. The molecule has 0 bridgehead atoms. The van der Waals surface area contributed by atoms with Crippen molar-refractivity contribution in [3.05, 3.63) is 53.1 Å². The molecule has 2 heterocycles. The average Bonchev–Trinajstić information content (AvgIpc) is 3.13. The highest BCUT2D eigenvalue weighted by molar-refractivity contribution is 6.36. The SMILES string of the molecule is CCOC(=O)C1=NN(c2ccccc2C)C2c3cc(OC)c(OC)cc3CCN12. The van der Waals surface area contributed by atoms with Gasteiger partial charge in [-0.2, -0.15) is 0 Å². The second kappa shape index (κ2) is 7.66. The molecule has 4 rings (SSSR count). The lowest BCUT2D eigenvalue weighted by Crippen LogP contribution is -2.43. The van der Waals surface area contributed by atoms with Crippen molar-refractivity contribution in [3.8, 4) is 11.5 Å². The molecule has 0 N–H and O–H groups in total. The van der Waals surface area contributed by atoms with Gasteiger partial charge in [0.05, 0.1) is 26.5 Å². The van der Waals surface area contributed by atoms with Crippen LogP contribution in [0.2, 0.25) is 0 Å². The van der Waals surface area contributed by atoms with E-state index in [-0.39, 0.29) is 6.17 Å². The van der Waals surface area contributed by atoms with Gasteiger partial charge in [-0.1, -0.05) is 18.2 Å². The Balaban J connectivity index is 1.86. The van der Waals surface area contributed by atoms with Crippen LogP contribution in [-0.4, -0.2) is 44.1 Å². The average molecular weight is 395 g/mol. The van der Waals surface area contributed by atoms with E-state index in [2.05, 4.69) is 0 Å². The van der Waals surface area contributed by atoms with Crippen LogP contribution >= 0.6 is 0 Å². The van der Waals surface area contributed by atoms with Gasteiger partial charge in [-0.25, -0.2) is 9.80 Å². The Morgan fingerprint density at radius 3 is 2.59 bits per heavy atom. The number of fused-ring (bicyclic) bond motifs is 3. The first kappa shape index (κ1) is 19.1. The normalized spacial score (nSPS) is 17.4. The Labute approximate surface area is 170 Å². The van der Waals surface area contributed by atoms with E-state index in [1.54, 1.807) is 21.1 Å². The zero-order valence-corrected chi connectivity index (χ0v) is 17.1. The zero-order chi connectivity index (χ0) is 20.5. The molecule has 0 fully saturated rings. The number of hydrazone groups is 1. The van der Waals surface area contributed by atoms with Crippen LogP contribution in [0.25, 0.3) is 0 Å². The monoisotopic (exact) mass is 395 g/mol. The molecule has 1 unspecified atom stereocenters. The number of anilines is 1. The molecule has 0 saturated carbocycles. The highest BCUT2D eigenvalue weighted by Gasteiger charge is 2.43. The third-order valence-corrected chi connectivity index (χ3v) is 5.37. The van der Waals surface area contributed by atoms with Gasteiger partial charge in [0.1, 0.15) is 0 Å². The highest BCUT2D eigenvalue weighted by atomic mass is 16.5. The van der Waals surface area contributed by atoms with Gasteiger partial charge in [0.15, 0.2) is 17.7 Å². The van der Waals surface area contributed by atoms with E-state index < -0.39 is 5.97 Å². The van der Waals surface area contributed by atoms with Crippen LogP contribution in [0.3, 0.4) is 0 Å². The largest absolute Gasteiger partial charge is 0.493 e. The third-order valence-electron chi connectivity index (χ3n) is 5.37. The van der Waals surface area contributed by atoms with Gasteiger partial charge in [0.2, 0.25) is 5.84 Å². The minimum atomic E-state index is -0.405. The number of amidine groups is 1. The predicted molar refractivity (Wildman–Crippen MR) is 110 cm³/mol. The summed E-state index contributed by atoms with van der Waals surface area (Å²) in [7, 11) is 3.26. The summed E-state index contributed by atoms with van der Waals surface area (Å²) < 4.78 is 16.3. The summed E-state index contributed by atoms with van der Waals surface area (Å²) in [6.45, 7) is 4.80. The molecule has 2 aliphatic rings. The lowest BCUT2D eigenvalue weighted by atomic mass is 9.95. The number of carbonyl (C=O) groups excluding carboxylic acids is 1. The van der Waals surface area contributed by atoms with Gasteiger partial charge in [0.25, 0.3) is 0 Å². The quantitative estimate of drug-likeness (QED) is 0.724. The number of para-hydroxylation sites is 1. The molecule has 7 heteroatoms. The molecule has 29 heavy (non-hydrogen) atoms. The van der Waals surface area contributed by atoms with Gasteiger partial charge in [-0.15, -0.1) is 5.10 Å². The van der Waals surface area contributed by atoms with Crippen LogP contribution < -0.4 is 14.5 Å². The second-order valence-corrected chi connectivity index (χ2v) is 7.00. The zero-order valence-electron chi connectivity index (χ0n) is 17.1. The van der Waals surface area contributed by atoms with Crippen molar-refractivity contribution in [3.63, 3.8) is 0 Å². The molecular formula is C22H25N3O4. The molecule has 2 aromatic rings. The minimum absolute atomic E-state index is 0.251. The maximum atomic E-state index is 12.6. The molecule has 0 saturated heterocycles. The van der Waals surface area contributed by atoms with Crippen LogP contribution in [0.4, 0.5) is 5.69 Å². The number of esters is 1. The fourth-order valence-electron chi connectivity index (χ4n) is 3.98. The number of methoxy groups -OCH3 is 2. The van der Waals surface area contributed by atoms with Crippen LogP contribution in [-0.2, 0) is 16.0 Å². The van der Waals surface area contributed by atoms with Crippen molar-refractivity contribution in [1.29, 1.82) is 0 Å². The Bertz CT molecular complexity index is 973. The first-order valence-corrected chi connectivity index (χ1v) is 9.71. The summed E-state index contributed by atoms with van der Waals surface area (Å²) in [5.41, 5.74) is 4.22. The van der Waals surface area contributed by atoms with Gasteiger partial charge in [-0.05, 0) is 49.6 Å². The summed E-state index contributed by atoms with van der Waals surface area (Å²) in [5, 5.41) is 6.62. The van der Waals surface area contributed by atoms with E-state index in [1.165, 1.54) is 0 Å². The molecule has 1 atom stereocenters. The van der Waals surface area contributed by atoms with Crippen molar-refractivity contribution < 1.29 is 19.0 Å². The van der Waals surface area contributed by atoms with Crippen LogP contribution in [0, 0.1) is 6.92 Å². The highest BCUT2D eigenvalue weighted by Crippen LogP contribution is 2.44. The number of rotatable bonds is 5. The van der Waals surface area contributed by atoms with Crippen molar-refractivity contribution in [2.75, 3.05) is 32.4 Å². The van der Waals surface area contributed by atoms with Gasteiger partial charge in [0, 0.05) is 12.1 Å². The fraction of sp³-hybridized carbons (Fsp3) is 0.364. The molecule has 0 aromatic heterocycles. The number of benzene rings is 2.